The van der Waals surface area contributed by atoms with E-state index in [0.717, 1.165) is 12.8 Å². The van der Waals surface area contributed by atoms with Crippen molar-refractivity contribution in [3.8, 4) is 0 Å². The lowest BCUT2D eigenvalue weighted by Gasteiger charge is -2.10. The number of ether oxygens (including phenoxy) is 1. The summed E-state index contributed by atoms with van der Waals surface area (Å²) >= 11 is 6.00. The van der Waals surface area contributed by atoms with Gasteiger partial charge < -0.3 is 15.4 Å². The third-order valence-corrected chi connectivity index (χ3v) is 3.10. The van der Waals surface area contributed by atoms with Gasteiger partial charge in [-0.1, -0.05) is 11.6 Å². The van der Waals surface area contributed by atoms with Crippen molar-refractivity contribution < 1.29 is 14.3 Å². The van der Waals surface area contributed by atoms with Crippen molar-refractivity contribution in [2.45, 2.75) is 18.9 Å². The molecule has 19 heavy (non-hydrogen) atoms. The van der Waals surface area contributed by atoms with Crippen molar-refractivity contribution in [2.24, 2.45) is 0 Å². The molecule has 1 aliphatic rings. The normalized spacial score (nSPS) is 13.8. The Morgan fingerprint density at radius 3 is 2.79 bits per heavy atom. The monoisotopic (exact) mass is 282 g/mol. The first-order valence-electron chi connectivity index (χ1n) is 6.01. The van der Waals surface area contributed by atoms with Crippen LogP contribution in [0.3, 0.4) is 0 Å². The number of halogens is 1. The molecule has 2 N–H and O–H groups in total. The molecule has 1 aromatic carbocycles. The largest absolute Gasteiger partial charge is 0.465 e. The van der Waals surface area contributed by atoms with Crippen LogP contribution in [0, 0.1) is 0 Å². The summed E-state index contributed by atoms with van der Waals surface area (Å²) < 4.78 is 4.63. The SMILES string of the molecule is COC(=O)c1ccc(Cl)c(NCC(=O)NC2CC2)c1. The van der Waals surface area contributed by atoms with Gasteiger partial charge in [0.15, 0.2) is 0 Å². The predicted molar refractivity (Wildman–Crippen MR) is 72.4 cm³/mol. The van der Waals surface area contributed by atoms with E-state index < -0.39 is 5.97 Å². The zero-order chi connectivity index (χ0) is 13.8. The van der Waals surface area contributed by atoms with Gasteiger partial charge in [0.1, 0.15) is 0 Å². The van der Waals surface area contributed by atoms with Gasteiger partial charge >= 0.3 is 5.97 Å². The Morgan fingerprint density at radius 1 is 1.42 bits per heavy atom. The van der Waals surface area contributed by atoms with Crippen molar-refractivity contribution in [2.75, 3.05) is 19.0 Å². The second-order valence-corrected chi connectivity index (χ2v) is 4.79. The number of carbonyl (C=O) groups excluding carboxylic acids is 2. The molecule has 0 aromatic heterocycles. The molecule has 0 saturated heterocycles. The zero-order valence-electron chi connectivity index (χ0n) is 10.5. The third-order valence-electron chi connectivity index (χ3n) is 2.77. The maximum Gasteiger partial charge on any atom is 0.337 e. The van der Waals surface area contributed by atoms with Gasteiger partial charge in [0.25, 0.3) is 0 Å². The van der Waals surface area contributed by atoms with Crippen LogP contribution < -0.4 is 10.6 Å². The van der Waals surface area contributed by atoms with E-state index in [4.69, 9.17) is 11.6 Å². The van der Waals surface area contributed by atoms with Gasteiger partial charge in [-0.05, 0) is 31.0 Å². The lowest BCUT2D eigenvalue weighted by atomic mass is 10.2. The smallest absolute Gasteiger partial charge is 0.337 e. The molecule has 0 spiro atoms. The number of methoxy groups -OCH3 is 1. The standard InChI is InChI=1S/C13H15ClN2O3/c1-19-13(18)8-2-5-10(14)11(6-8)15-7-12(17)16-9-3-4-9/h2,5-6,9,15H,3-4,7H2,1H3,(H,16,17). The first kappa shape index (κ1) is 13.7. The Bertz CT molecular complexity index is 501. The highest BCUT2D eigenvalue weighted by Crippen LogP contribution is 2.23. The van der Waals surface area contributed by atoms with E-state index in [1.54, 1.807) is 18.2 Å². The Kier molecular flexibility index (Phi) is 4.27. The maximum absolute atomic E-state index is 11.5. The molecule has 1 aromatic rings. The lowest BCUT2D eigenvalue weighted by molar-refractivity contribution is -0.119. The Labute approximate surface area is 116 Å². The first-order valence-corrected chi connectivity index (χ1v) is 6.39. The Morgan fingerprint density at radius 2 is 2.16 bits per heavy atom. The van der Waals surface area contributed by atoms with Crippen LogP contribution in [-0.4, -0.2) is 31.6 Å². The summed E-state index contributed by atoms with van der Waals surface area (Å²) in [6.07, 6.45) is 2.09. The fourth-order valence-corrected chi connectivity index (χ4v) is 1.77. The van der Waals surface area contributed by atoms with Crippen LogP contribution in [0.25, 0.3) is 0 Å². The van der Waals surface area contributed by atoms with E-state index in [9.17, 15) is 9.59 Å². The molecule has 1 amide bonds. The minimum atomic E-state index is -0.442. The molecule has 0 radical (unpaired) electrons. The van der Waals surface area contributed by atoms with Crippen LogP contribution in [0.2, 0.25) is 5.02 Å². The second-order valence-electron chi connectivity index (χ2n) is 4.38. The van der Waals surface area contributed by atoms with E-state index in [1.165, 1.54) is 7.11 Å². The number of esters is 1. The quantitative estimate of drug-likeness (QED) is 0.809. The molecule has 0 bridgehead atoms. The van der Waals surface area contributed by atoms with Crippen LogP contribution in [0.15, 0.2) is 18.2 Å². The highest BCUT2D eigenvalue weighted by Gasteiger charge is 2.23. The molecule has 1 fully saturated rings. The molecule has 0 heterocycles. The van der Waals surface area contributed by atoms with Gasteiger partial charge in [-0.25, -0.2) is 4.79 Å². The van der Waals surface area contributed by atoms with Crippen molar-refractivity contribution >= 4 is 29.2 Å². The van der Waals surface area contributed by atoms with E-state index in [-0.39, 0.29) is 12.5 Å². The molecule has 6 heteroatoms. The first-order chi connectivity index (χ1) is 9.10. The topological polar surface area (TPSA) is 67.4 Å². The summed E-state index contributed by atoms with van der Waals surface area (Å²) in [6.45, 7) is 0.126. The molecular weight excluding hydrogens is 268 g/mol. The fourth-order valence-electron chi connectivity index (χ4n) is 1.59. The van der Waals surface area contributed by atoms with Crippen LogP contribution in [0.4, 0.5) is 5.69 Å². The number of hydrogen-bond donors (Lipinski definition) is 2. The third kappa shape index (κ3) is 3.86. The summed E-state index contributed by atoms with van der Waals surface area (Å²) in [5.74, 6) is -0.524. The summed E-state index contributed by atoms with van der Waals surface area (Å²) in [5.41, 5.74) is 0.924. The van der Waals surface area contributed by atoms with Gasteiger partial charge in [0, 0.05) is 6.04 Å². The average molecular weight is 283 g/mol. The molecule has 5 nitrogen and oxygen atoms in total. The van der Waals surface area contributed by atoms with Crippen LogP contribution in [0.1, 0.15) is 23.2 Å². The summed E-state index contributed by atoms with van der Waals surface area (Å²) in [6, 6.07) is 5.06. The van der Waals surface area contributed by atoms with Gasteiger partial charge in [0.2, 0.25) is 5.91 Å². The number of amides is 1. The van der Waals surface area contributed by atoms with Gasteiger partial charge in [-0.2, -0.15) is 0 Å². The van der Waals surface area contributed by atoms with Crippen LogP contribution in [-0.2, 0) is 9.53 Å². The Balaban J connectivity index is 1.97. The number of rotatable bonds is 5. The number of anilines is 1. The number of nitrogens with one attached hydrogen (secondary N) is 2. The number of hydrogen-bond acceptors (Lipinski definition) is 4. The molecule has 0 atom stereocenters. The van der Waals surface area contributed by atoms with E-state index in [1.807, 2.05) is 0 Å². The van der Waals surface area contributed by atoms with E-state index >= 15 is 0 Å². The minimum absolute atomic E-state index is 0.0814. The van der Waals surface area contributed by atoms with E-state index in [2.05, 4.69) is 15.4 Å². The highest BCUT2D eigenvalue weighted by atomic mass is 35.5. The van der Waals surface area contributed by atoms with Crippen molar-refractivity contribution in [1.29, 1.82) is 0 Å². The lowest BCUT2D eigenvalue weighted by Crippen LogP contribution is -2.31. The summed E-state index contributed by atoms with van der Waals surface area (Å²) in [5, 5.41) is 6.22. The van der Waals surface area contributed by atoms with Crippen molar-refractivity contribution in [3.05, 3.63) is 28.8 Å². The molecule has 0 aliphatic heterocycles. The molecule has 2 rings (SSSR count). The molecule has 0 unspecified atom stereocenters. The van der Waals surface area contributed by atoms with Crippen molar-refractivity contribution in [3.63, 3.8) is 0 Å². The highest BCUT2D eigenvalue weighted by molar-refractivity contribution is 6.33. The van der Waals surface area contributed by atoms with Crippen LogP contribution in [0.5, 0.6) is 0 Å². The van der Waals surface area contributed by atoms with Crippen LogP contribution >= 0.6 is 11.6 Å². The second kappa shape index (κ2) is 5.93. The maximum atomic E-state index is 11.5. The van der Waals surface area contributed by atoms with Gasteiger partial charge in [0.05, 0.1) is 29.9 Å². The molecule has 1 saturated carbocycles. The van der Waals surface area contributed by atoms with Gasteiger partial charge in [-0.15, -0.1) is 0 Å². The number of benzene rings is 1. The minimum Gasteiger partial charge on any atom is -0.465 e. The van der Waals surface area contributed by atoms with Crippen molar-refractivity contribution in [1.82, 2.24) is 5.32 Å². The van der Waals surface area contributed by atoms with E-state index in [0.29, 0.717) is 22.3 Å². The zero-order valence-corrected chi connectivity index (χ0v) is 11.3. The fraction of sp³-hybridized carbons (Fsp3) is 0.385. The predicted octanol–water partition coefficient (Wildman–Crippen LogP) is 1.82. The summed E-state index contributed by atoms with van der Waals surface area (Å²) in [4.78, 5) is 22.9. The molecule has 102 valence electrons. The summed E-state index contributed by atoms with van der Waals surface area (Å²) in [7, 11) is 1.31. The Hall–Kier alpha value is -1.75. The number of carbonyl (C=O) groups is 2. The van der Waals surface area contributed by atoms with Gasteiger partial charge in [-0.3, -0.25) is 4.79 Å². The molecular formula is C13H15ClN2O3. The molecule has 1 aliphatic carbocycles. The average Bonchev–Trinajstić information content (AvgIpc) is 3.20.